The number of aryl methyl sites for hydroxylation is 2. The molecule has 27 heavy (non-hydrogen) atoms. The van der Waals surface area contributed by atoms with E-state index >= 15 is 0 Å². The van der Waals surface area contributed by atoms with Crippen LogP contribution < -0.4 is 5.32 Å². The van der Waals surface area contributed by atoms with E-state index < -0.39 is 0 Å². The zero-order chi connectivity index (χ0) is 18.7. The summed E-state index contributed by atoms with van der Waals surface area (Å²) >= 11 is 1.76. The van der Waals surface area contributed by atoms with E-state index in [1.165, 1.54) is 94.3 Å². The molecule has 2 heterocycles. The fourth-order valence-electron chi connectivity index (χ4n) is 5.07. The van der Waals surface area contributed by atoms with Crippen LogP contribution in [0.1, 0.15) is 84.8 Å². The number of hydrogen-bond acceptors (Lipinski definition) is 3. The lowest BCUT2D eigenvalue weighted by Crippen LogP contribution is -2.50. The third kappa shape index (κ3) is 4.76. The quantitative estimate of drug-likeness (QED) is 0.766. The first-order chi connectivity index (χ1) is 13.1. The summed E-state index contributed by atoms with van der Waals surface area (Å²) in [5.41, 5.74) is 1.79. The maximum atomic E-state index is 12.8. The number of likely N-dealkylation sites (tertiary alicyclic amines) is 1. The molecule has 1 aliphatic heterocycles. The van der Waals surface area contributed by atoms with Crippen molar-refractivity contribution in [2.24, 2.45) is 11.3 Å². The van der Waals surface area contributed by atoms with E-state index in [1.54, 1.807) is 11.3 Å². The van der Waals surface area contributed by atoms with Gasteiger partial charge < -0.3 is 10.2 Å². The smallest absolute Gasteiger partial charge is 0.261 e. The zero-order valence-electron chi connectivity index (χ0n) is 17.0. The van der Waals surface area contributed by atoms with Crippen LogP contribution in [0, 0.1) is 11.3 Å². The Labute approximate surface area is 168 Å². The third-order valence-electron chi connectivity index (χ3n) is 7.19. The van der Waals surface area contributed by atoms with Gasteiger partial charge in [0.15, 0.2) is 0 Å². The van der Waals surface area contributed by atoms with Crippen LogP contribution in [0.15, 0.2) is 6.07 Å². The Morgan fingerprint density at radius 1 is 1.15 bits per heavy atom. The van der Waals surface area contributed by atoms with Gasteiger partial charge in [-0.05, 0) is 82.0 Å². The highest BCUT2D eigenvalue weighted by Crippen LogP contribution is 2.41. The molecule has 0 aromatic carbocycles. The van der Waals surface area contributed by atoms with E-state index in [9.17, 15) is 4.79 Å². The minimum absolute atomic E-state index is 0.172. The molecule has 2 fully saturated rings. The molecule has 3 nitrogen and oxygen atoms in total. The van der Waals surface area contributed by atoms with Crippen molar-refractivity contribution in [1.29, 1.82) is 0 Å². The summed E-state index contributed by atoms with van der Waals surface area (Å²) in [5, 5.41) is 3.33. The molecular weight excluding hydrogens is 352 g/mol. The molecule has 0 radical (unpaired) electrons. The Kier molecular flexibility index (Phi) is 6.23. The highest BCUT2D eigenvalue weighted by atomic mass is 32.1. The first-order valence-electron chi connectivity index (χ1n) is 11.3. The van der Waals surface area contributed by atoms with Crippen LogP contribution in [-0.2, 0) is 12.8 Å². The molecular formula is C23H36N2OS. The van der Waals surface area contributed by atoms with Crippen LogP contribution in [0.25, 0.3) is 0 Å². The Bertz CT molecular complexity index is 615. The second kappa shape index (κ2) is 8.65. The molecule has 1 amide bonds. The molecule has 1 saturated heterocycles. The first-order valence-corrected chi connectivity index (χ1v) is 12.1. The molecule has 0 bridgehead atoms. The van der Waals surface area contributed by atoms with Crippen LogP contribution in [0.4, 0.5) is 0 Å². The van der Waals surface area contributed by atoms with Crippen LogP contribution in [0.5, 0.6) is 0 Å². The monoisotopic (exact) mass is 388 g/mol. The highest BCUT2D eigenvalue weighted by molar-refractivity contribution is 7.14. The van der Waals surface area contributed by atoms with Crippen molar-refractivity contribution in [3.63, 3.8) is 0 Å². The summed E-state index contributed by atoms with van der Waals surface area (Å²) in [7, 11) is 0. The number of carbonyl (C=O) groups excluding carboxylic acids is 1. The van der Waals surface area contributed by atoms with E-state index in [0.29, 0.717) is 5.41 Å². The molecule has 1 N–H and O–H groups in total. The predicted molar refractivity (Wildman–Crippen MR) is 114 cm³/mol. The molecule has 1 aromatic rings. The number of rotatable bonds is 5. The largest absolute Gasteiger partial charge is 0.351 e. The minimum atomic E-state index is 0.172. The second-order valence-electron chi connectivity index (χ2n) is 9.47. The van der Waals surface area contributed by atoms with Crippen LogP contribution in [0.2, 0.25) is 0 Å². The van der Waals surface area contributed by atoms with Gasteiger partial charge in [-0.3, -0.25) is 4.79 Å². The van der Waals surface area contributed by atoms with Gasteiger partial charge in [0.05, 0.1) is 4.88 Å². The Balaban J connectivity index is 1.33. The fraction of sp³-hybridized carbons (Fsp3) is 0.783. The normalized spacial score (nSPS) is 23.7. The molecule has 1 aromatic heterocycles. The van der Waals surface area contributed by atoms with Gasteiger partial charge in [-0.2, -0.15) is 0 Å². The highest BCUT2D eigenvalue weighted by Gasteiger charge is 2.39. The van der Waals surface area contributed by atoms with Gasteiger partial charge in [-0.1, -0.05) is 26.2 Å². The van der Waals surface area contributed by atoms with Crippen molar-refractivity contribution in [3.8, 4) is 0 Å². The number of fused-ring (bicyclic) bond motifs is 1. The molecule has 3 aliphatic rings. The fourth-order valence-corrected chi connectivity index (χ4v) is 6.24. The lowest BCUT2D eigenvalue weighted by molar-refractivity contribution is 0.0474. The van der Waals surface area contributed by atoms with Crippen LogP contribution in [-0.4, -0.2) is 37.0 Å². The van der Waals surface area contributed by atoms with Crippen molar-refractivity contribution in [1.82, 2.24) is 10.2 Å². The van der Waals surface area contributed by atoms with Gasteiger partial charge in [-0.15, -0.1) is 11.3 Å². The Morgan fingerprint density at radius 3 is 2.59 bits per heavy atom. The number of nitrogens with zero attached hydrogens (tertiary/aromatic N) is 1. The number of thiophene rings is 1. The maximum Gasteiger partial charge on any atom is 0.261 e. The molecule has 1 saturated carbocycles. The van der Waals surface area contributed by atoms with E-state index in [4.69, 9.17) is 0 Å². The van der Waals surface area contributed by atoms with Crippen molar-refractivity contribution >= 4 is 17.2 Å². The van der Waals surface area contributed by atoms with E-state index in [2.05, 4.69) is 23.2 Å². The number of carbonyl (C=O) groups is 1. The standard InChI is InChI=1S/C23H36N2OS/c1-18-9-13-25(14-10-18)17-23(11-6-12-23)16-24-22(26)21-15-19-7-4-2-3-5-8-20(19)27-21/h15,18H,2-14,16-17H2,1H3,(H,24,26). The van der Waals surface area contributed by atoms with Gasteiger partial charge in [-0.25, -0.2) is 0 Å². The minimum Gasteiger partial charge on any atom is -0.351 e. The Morgan fingerprint density at radius 2 is 1.89 bits per heavy atom. The maximum absolute atomic E-state index is 12.8. The van der Waals surface area contributed by atoms with Crippen molar-refractivity contribution < 1.29 is 4.79 Å². The third-order valence-corrected chi connectivity index (χ3v) is 8.43. The average molecular weight is 389 g/mol. The molecule has 150 valence electrons. The Hall–Kier alpha value is -0.870. The predicted octanol–water partition coefficient (Wildman–Crippen LogP) is 5.04. The average Bonchev–Trinajstić information content (AvgIpc) is 3.01. The van der Waals surface area contributed by atoms with Gasteiger partial charge in [0.25, 0.3) is 5.91 Å². The topological polar surface area (TPSA) is 32.3 Å². The first kappa shape index (κ1) is 19.4. The van der Waals surface area contributed by atoms with E-state index in [-0.39, 0.29) is 5.91 Å². The number of hydrogen-bond donors (Lipinski definition) is 1. The summed E-state index contributed by atoms with van der Waals surface area (Å²) in [6, 6.07) is 2.19. The summed E-state index contributed by atoms with van der Waals surface area (Å²) in [4.78, 5) is 17.9. The molecule has 4 rings (SSSR count). The van der Waals surface area contributed by atoms with Gasteiger partial charge in [0.1, 0.15) is 0 Å². The summed E-state index contributed by atoms with van der Waals surface area (Å²) < 4.78 is 0. The summed E-state index contributed by atoms with van der Waals surface area (Å²) in [5.74, 6) is 1.06. The second-order valence-corrected chi connectivity index (χ2v) is 10.6. The van der Waals surface area contributed by atoms with Gasteiger partial charge in [0.2, 0.25) is 0 Å². The lowest BCUT2D eigenvalue weighted by Gasteiger charge is -2.46. The summed E-state index contributed by atoms with van der Waals surface area (Å²) in [6.07, 6.45) is 14.1. The SMILES string of the molecule is CC1CCN(CC2(CNC(=O)c3cc4c(s3)CCCCCC4)CCC2)CC1. The summed E-state index contributed by atoms with van der Waals surface area (Å²) in [6.45, 7) is 6.91. The zero-order valence-corrected chi connectivity index (χ0v) is 17.8. The number of nitrogens with one attached hydrogen (secondary N) is 1. The van der Waals surface area contributed by atoms with E-state index in [0.717, 1.165) is 23.8 Å². The van der Waals surface area contributed by atoms with Crippen molar-refractivity contribution in [2.45, 2.75) is 77.6 Å². The van der Waals surface area contributed by atoms with Crippen molar-refractivity contribution in [2.75, 3.05) is 26.2 Å². The van der Waals surface area contributed by atoms with Crippen LogP contribution >= 0.6 is 11.3 Å². The molecule has 0 spiro atoms. The molecule has 4 heteroatoms. The molecule has 0 atom stereocenters. The van der Waals surface area contributed by atoms with Crippen LogP contribution in [0.3, 0.4) is 0 Å². The van der Waals surface area contributed by atoms with Crippen molar-refractivity contribution in [3.05, 3.63) is 21.4 Å². The van der Waals surface area contributed by atoms with E-state index in [1.807, 2.05) is 0 Å². The molecule has 2 aliphatic carbocycles. The van der Waals surface area contributed by atoms with Gasteiger partial charge in [0, 0.05) is 23.4 Å². The lowest BCUT2D eigenvalue weighted by atomic mass is 9.68. The molecule has 0 unspecified atom stereocenters. The number of amides is 1. The van der Waals surface area contributed by atoms with Gasteiger partial charge >= 0.3 is 0 Å². The number of piperidine rings is 1.